The number of carbonyl (C=O) groups excluding carboxylic acids is 2. The molecule has 0 bridgehead atoms. The van der Waals surface area contributed by atoms with Crippen LogP contribution in [0, 0.1) is 0 Å². The van der Waals surface area contributed by atoms with Crippen molar-refractivity contribution in [3.8, 4) is 11.4 Å². The van der Waals surface area contributed by atoms with Crippen LogP contribution in [0.4, 0.5) is 5.82 Å². The molecule has 2 amide bonds. The Morgan fingerprint density at radius 3 is 2.51 bits per heavy atom. The van der Waals surface area contributed by atoms with Crippen LogP contribution in [0.25, 0.3) is 11.4 Å². The van der Waals surface area contributed by atoms with Gasteiger partial charge in [0.2, 0.25) is 0 Å². The number of nitrogens with zero attached hydrogens (tertiary/aromatic N) is 2. The minimum atomic E-state index is -1.13. The van der Waals surface area contributed by atoms with Gasteiger partial charge in [0.25, 0.3) is 11.8 Å². The van der Waals surface area contributed by atoms with Gasteiger partial charge >= 0.3 is 5.97 Å². The number of imidazole rings is 1. The van der Waals surface area contributed by atoms with Gasteiger partial charge in [-0.2, -0.15) is 0 Å². The van der Waals surface area contributed by atoms with Gasteiger partial charge in [0, 0.05) is 30.8 Å². The van der Waals surface area contributed by atoms with Gasteiger partial charge < -0.3 is 26.0 Å². The molecular formula is C25H28N6O4. The van der Waals surface area contributed by atoms with E-state index in [0.717, 1.165) is 24.8 Å². The van der Waals surface area contributed by atoms with Crippen molar-refractivity contribution in [2.45, 2.75) is 44.7 Å². The predicted molar refractivity (Wildman–Crippen MR) is 130 cm³/mol. The number of H-pyrrole nitrogens is 1. The molecule has 1 fully saturated rings. The number of carbonyl (C=O) groups is 3. The van der Waals surface area contributed by atoms with Gasteiger partial charge in [-0.15, -0.1) is 0 Å². The molecule has 1 saturated carbocycles. The van der Waals surface area contributed by atoms with E-state index in [2.05, 4.69) is 30.9 Å². The Bertz CT molecular complexity index is 1190. The summed E-state index contributed by atoms with van der Waals surface area (Å²) in [7, 11) is 0. The average Bonchev–Trinajstić information content (AvgIpc) is 3.57. The SMILES string of the molecule is CCCNc1nc(-c2ccc(C(=O)N[C@@H](Cc3ccccc3)C(=O)O)nc2)[nH]c1C(=O)NC1CC1. The second-order valence-electron chi connectivity index (χ2n) is 8.47. The maximum absolute atomic E-state index is 12.6. The van der Waals surface area contributed by atoms with Crippen molar-refractivity contribution < 1.29 is 19.5 Å². The van der Waals surface area contributed by atoms with Gasteiger partial charge in [-0.25, -0.2) is 9.78 Å². The smallest absolute Gasteiger partial charge is 0.326 e. The molecule has 1 aliphatic carbocycles. The number of carboxylic acid groups (broad SMARTS) is 1. The van der Waals surface area contributed by atoms with Crippen LogP contribution in [0.15, 0.2) is 48.7 Å². The van der Waals surface area contributed by atoms with E-state index < -0.39 is 17.9 Å². The van der Waals surface area contributed by atoms with Crippen LogP contribution in [0.2, 0.25) is 0 Å². The largest absolute Gasteiger partial charge is 0.480 e. The van der Waals surface area contributed by atoms with E-state index in [0.29, 0.717) is 29.4 Å². The summed E-state index contributed by atoms with van der Waals surface area (Å²) in [5.74, 6) is -1.02. The molecule has 1 atom stereocenters. The first-order chi connectivity index (χ1) is 16.9. The Kier molecular flexibility index (Phi) is 7.39. The highest BCUT2D eigenvalue weighted by atomic mass is 16.4. The number of aromatic nitrogens is 3. The van der Waals surface area contributed by atoms with Gasteiger partial charge in [-0.1, -0.05) is 37.3 Å². The molecule has 0 radical (unpaired) electrons. The van der Waals surface area contributed by atoms with Crippen LogP contribution in [0.5, 0.6) is 0 Å². The molecule has 2 heterocycles. The number of pyridine rings is 1. The number of hydrogen-bond donors (Lipinski definition) is 5. The van der Waals surface area contributed by atoms with Crippen LogP contribution < -0.4 is 16.0 Å². The Morgan fingerprint density at radius 2 is 1.89 bits per heavy atom. The monoisotopic (exact) mass is 476 g/mol. The minimum Gasteiger partial charge on any atom is -0.480 e. The normalized spacial score (nSPS) is 13.6. The number of amides is 2. The Hall–Kier alpha value is -4.21. The fourth-order valence-electron chi connectivity index (χ4n) is 3.48. The van der Waals surface area contributed by atoms with Crippen LogP contribution in [-0.2, 0) is 11.2 Å². The lowest BCUT2D eigenvalue weighted by atomic mass is 10.1. The first kappa shape index (κ1) is 23.9. The zero-order valence-corrected chi connectivity index (χ0v) is 19.4. The zero-order valence-electron chi connectivity index (χ0n) is 19.4. The molecule has 35 heavy (non-hydrogen) atoms. The molecule has 0 saturated heterocycles. The highest BCUT2D eigenvalue weighted by molar-refractivity contribution is 5.98. The summed E-state index contributed by atoms with van der Waals surface area (Å²) in [5, 5.41) is 18.2. The van der Waals surface area contributed by atoms with Gasteiger partial charge in [0.15, 0.2) is 5.82 Å². The number of aliphatic carboxylic acids is 1. The lowest BCUT2D eigenvalue weighted by molar-refractivity contribution is -0.139. The molecule has 2 aromatic heterocycles. The third-order valence-corrected chi connectivity index (χ3v) is 5.54. The highest BCUT2D eigenvalue weighted by Crippen LogP contribution is 2.24. The number of anilines is 1. The molecule has 1 aromatic carbocycles. The molecule has 0 unspecified atom stereocenters. The molecular weight excluding hydrogens is 448 g/mol. The molecule has 3 aromatic rings. The van der Waals surface area contributed by atoms with Gasteiger partial charge in [-0.05, 0) is 37.0 Å². The van der Waals surface area contributed by atoms with Crippen molar-refractivity contribution in [2.75, 3.05) is 11.9 Å². The summed E-state index contributed by atoms with van der Waals surface area (Å²) in [4.78, 5) is 48.7. The average molecular weight is 477 g/mol. The van der Waals surface area contributed by atoms with Crippen molar-refractivity contribution in [1.82, 2.24) is 25.6 Å². The van der Waals surface area contributed by atoms with E-state index in [9.17, 15) is 19.5 Å². The highest BCUT2D eigenvalue weighted by Gasteiger charge is 2.27. The number of hydrogen-bond acceptors (Lipinski definition) is 6. The topological polar surface area (TPSA) is 149 Å². The predicted octanol–water partition coefficient (Wildman–Crippen LogP) is 2.61. The van der Waals surface area contributed by atoms with Crippen molar-refractivity contribution in [3.63, 3.8) is 0 Å². The van der Waals surface area contributed by atoms with Crippen molar-refractivity contribution in [2.24, 2.45) is 0 Å². The first-order valence-electron chi connectivity index (χ1n) is 11.6. The zero-order chi connectivity index (χ0) is 24.8. The lowest BCUT2D eigenvalue weighted by Crippen LogP contribution is -2.42. The third kappa shape index (κ3) is 6.23. The van der Waals surface area contributed by atoms with Crippen molar-refractivity contribution >= 4 is 23.6 Å². The summed E-state index contributed by atoms with van der Waals surface area (Å²) in [6.45, 7) is 2.69. The fraction of sp³-hybridized carbons (Fsp3) is 0.320. The van der Waals surface area contributed by atoms with Gasteiger partial charge in [-0.3, -0.25) is 14.6 Å². The third-order valence-electron chi connectivity index (χ3n) is 5.54. The summed E-state index contributed by atoms with van der Waals surface area (Å²) in [6.07, 6.45) is 4.45. The molecule has 0 spiro atoms. The molecule has 1 aliphatic rings. The standard InChI is InChI=1S/C25H28N6O4/c1-2-12-26-22-20(24(33)28-17-9-10-17)30-21(31-22)16-8-11-18(27-14-16)23(32)29-19(25(34)35)13-15-6-4-3-5-7-15/h3-8,11,14,17,19,26H,2,9-10,12-13H2,1H3,(H,28,33)(H,29,32)(H,30,31)(H,34,35)/t19-/m0/s1. The van der Waals surface area contributed by atoms with E-state index in [1.165, 1.54) is 12.3 Å². The van der Waals surface area contributed by atoms with E-state index in [1.807, 2.05) is 25.1 Å². The maximum atomic E-state index is 12.6. The summed E-state index contributed by atoms with van der Waals surface area (Å²) in [6, 6.07) is 11.4. The minimum absolute atomic E-state index is 0.0793. The van der Waals surface area contributed by atoms with E-state index in [4.69, 9.17) is 0 Å². The van der Waals surface area contributed by atoms with Crippen LogP contribution in [0.1, 0.15) is 52.7 Å². The quantitative estimate of drug-likeness (QED) is 0.286. The van der Waals surface area contributed by atoms with Gasteiger partial charge in [0.05, 0.1) is 0 Å². The lowest BCUT2D eigenvalue weighted by Gasteiger charge is -2.14. The van der Waals surface area contributed by atoms with Crippen LogP contribution in [-0.4, -0.2) is 56.5 Å². The maximum Gasteiger partial charge on any atom is 0.326 e. The van der Waals surface area contributed by atoms with Crippen LogP contribution in [0.3, 0.4) is 0 Å². The molecule has 0 aliphatic heterocycles. The Balaban J connectivity index is 1.47. The summed E-state index contributed by atoms with van der Waals surface area (Å²) < 4.78 is 0. The van der Waals surface area contributed by atoms with E-state index >= 15 is 0 Å². The Labute approximate surface area is 202 Å². The van der Waals surface area contributed by atoms with Crippen molar-refractivity contribution in [3.05, 3.63) is 65.6 Å². The second kappa shape index (κ2) is 10.8. The molecule has 4 rings (SSSR count). The van der Waals surface area contributed by atoms with Crippen molar-refractivity contribution in [1.29, 1.82) is 0 Å². The number of nitrogens with one attached hydrogen (secondary N) is 4. The number of benzene rings is 1. The van der Waals surface area contributed by atoms with Crippen LogP contribution >= 0.6 is 0 Å². The number of rotatable bonds is 11. The molecule has 10 heteroatoms. The Morgan fingerprint density at radius 1 is 1.11 bits per heavy atom. The summed E-state index contributed by atoms with van der Waals surface area (Å²) in [5.41, 5.74) is 1.82. The first-order valence-corrected chi connectivity index (χ1v) is 11.6. The van der Waals surface area contributed by atoms with E-state index in [-0.39, 0.29) is 24.1 Å². The van der Waals surface area contributed by atoms with E-state index in [1.54, 1.807) is 18.2 Å². The number of aromatic amines is 1. The molecule has 182 valence electrons. The summed E-state index contributed by atoms with van der Waals surface area (Å²) >= 11 is 0. The number of carboxylic acids is 1. The molecule has 10 nitrogen and oxygen atoms in total. The molecule has 5 N–H and O–H groups in total. The second-order valence-corrected chi connectivity index (χ2v) is 8.47. The van der Waals surface area contributed by atoms with Gasteiger partial charge in [0.1, 0.15) is 23.3 Å². The fourth-order valence-corrected chi connectivity index (χ4v) is 3.48.